The Balaban J connectivity index is 1.77. The highest BCUT2D eigenvalue weighted by atomic mass is 16.3. The molecule has 2 aromatic heterocycles. The summed E-state index contributed by atoms with van der Waals surface area (Å²) in [5.41, 5.74) is 2.10. The van der Waals surface area contributed by atoms with E-state index in [2.05, 4.69) is 35.3 Å². The summed E-state index contributed by atoms with van der Waals surface area (Å²) in [7, 11) is 0. The molecule has 1 saturated carbocycles. The molecule has 2 aromatic rings. The monoisotopic (exact) mass is 274 g/mol. The summed E-state index contributed by atoms with van der Waals surface area (Å²) in [5.74, 6) is 1.83. The second-order valence-corrected chi connectivity index (χ2v) is 6.04. The van der Waals surface area contributed by atoms with E-state index < -0.39 is 0 Å². The molecule has 1 aliphatic rings. The van der Waals surface area contributed by atoms with Crippen LogP contribution in [0.15, 0.2) is 18.5 Å². The Morgan fingerprint density at radius 3 is 3.00 bits per heavy atom. The van der Waals surface area contributed by atoms with Gasteiger partial charge in [-0.1, -0.05) is 13.8 Å². The Kier molecular flexibility index (Phi) is 3.61. The maximum absolute atomic E-state index is 9.58. The summed E-state index contributed by atoms with van der Waals surface area (Å²) in [6.45, 7) is 5.15. The van der Waals surface area contributed by atoms with Gasteiger partial charge in [0.1, 0.15) is 5.52 Å². The molecular weight excluding hydrogens is 252 g/mol. The van der Waals surface area contributed by atoms with Gasteiger partial charge in [0.15, 0.2) is 5.82 Å². The topological polar surface area (TPSA) is 62.5 Å². The number of nitrogens with one attached hydrogen (secondary N) is 1. The van der Waals surface area contributed by atoms with Crippen molar-refractivity contribution in [2.24, 2.45) is 5.92 Å². The van der Waals surface area contributed by atoms with E-state index in [1.807, 2.05) is 10.7 Å². The van der Waals surface area contributed by atoms with E-state index in [0.717, 1.165) is 42.8 Å². The van der Waals surface area contributed by atoms with Gasteiger partial charge in [0.25, 0.3) is 0 Å². The third-order valence-electron chi connectivity index (χ3n) is 4.07. The molecule has 0 bridgehead atoms. The largest absolute Gasteiger partial charge is 0.393 e. The Bertz CT molecular complexity index is 593. The van der Waals surface area contributed by atoms with E-state index in [1.54, 1.807) is 6.20 Å². The molecular formula is C15H22N4O. The van der Waals surface area contributed by atoms with Gasteiger partial charge in [0, 0.05) is 18.9 Å². The van der Waals surface area contributed by atoms with Crippen LogP contribution in [-0.4, -0.2) is 32.4 Å². The number of aromatic nitrogens is 3. The van der Waals surface area contributed by atoms with Gasteiger partial charge in [-0.2, -0.15) is 5.10 Å². The average molecular weight is 274 g/mol. The molecule has 2 unspecified atom stereocenters. The fourth-order valence-corrected chi connectivity index (χ4v) is 2.83. The zero-order valence-corrected chi connectivity index (χ0v) is 12.1. The molecule has 0 aromatic carbocycles. The number of aliphatic hydroxyl groups excluding tert-OH is 1. The maximum atomic E-state index is 9.58. The molecule has 1 aliphatic carbocycles. The zero-order chi connectivity index (χ0) is 14.1. The number of hydrogen-bond donors (Lipinski definition) is 2. The van der Waals surface area contributed by atoms with Crippen LogP contribution >= 0.6 is 0 Å². The van der Waals surface area contributed by atoms with Crippen molar-refractivity contribution in [3.63, 3.8) is 0 Å². The van der Waals surface area contributed by atoms with Crippen molar-refractivity contribution in [3.05, 3.63) is 24.2 Å². The zero-order valence-electron chi connectivity index (χ0n) is 12.1. The molecule has 2 atom stereocenters. The van der Waals surface area contributed by atoms with E-state index in [0.29, 0.717) is 11.8 Å². The first-order valence-corrected chi connectivity index (χ1v) is 7.39. The Hall–Kier alpha value is -1.62. The minimum absolute atomic E-state index is 0.118. The SMILES string of the molecule is CC(C)c1cc2c(NCC3CCC(O)C3)nccn2n1. The summed E-state index contributed by atoms with van der Waals surface area (Å²) in [6, 6.07) is 2.10. The molecule has 20 heavy (non-hydrogen) atoms. The molecule has 2 heterocycles. The lowest BCUT2D eigenvalue weighted by atomic mass is 10.1. The first-order valence-electron chi connectivity index (χ1n) is 7.39. The first-order chi connectivity index (χ1) is 9.63. The number of rotatable bonds is 4. The number of anilines is 1. The van der Waals surface area contributed by atoms with Crippen LogP contribution in [0.3, 0.4) is 0 Å². The quantitative estimate of drug-likeness (QED) is 0.899. The third-order valence-corrected chi connectivity index (χ3v) is 4.07. The molecule has 0 spiro atoms. The first kappa shape index (κ1) is 13.4. The summed E-state index contributed by atoms with van der Waals surface area (Å²) in [6.07, 6.45) is 6.45. The van der Waals surface area contributed by atoms with Crippen molar-refractivity contribution in [1.29, 1.82) is 0 Å². The predicted octanol–water partition coefficient (Wildman–Crippen LogP) is 2.43. The molecule has 0 aliphatic heterocycles. The second kappa shape index (κ2) is 5.40. The molecule has 1 fully saturated rings. The highest BCUT2D eigenvalue weighted by Crippen LogP contribution is 2.26. The number of nitrogens with zero attached hydrogens (tertiary/aromatic N) is 3. The minimum Gasteiger partial charge on any atom is -0.393 e. The van der Waals surface area contributed by atoms with Crippen molar-refractivity contribution < 1.29 is 5.11 Å². The molecule has 0 radical (unpaired) electrons. The van der Waals surface area contributed by atoms with Gasteiger partial charge in [-0.05, 0) is 37.2 Å². The standard InChI is InChI=1S/C15H22N4O/c1-10(2)13-8-14-15(16-5-6-19(14)18-13)17-9-11-3-4-12(20)7-11/h5-6,8,10-12,20H,3-4,7,9H2,1-2H3,(H,16,17). The van der Waals surface area contributed by atoms with Gasteiger partial charge in [-0.3, -0.25) is 0 Å². The van der Waals surface area contributed by atoms with Crippen LogP contribution in [0.4, 0.5) is 5.82 Å². The van der Waals surface area contributed by atoms with Crippen LogP contribution in [0.25, 0.3) is 5.52 Å². The third kappa shape index (κ3) is 2.63. The highest BCUT2D eigenvalue weighted by molar-refractivity contribution is 5.67. The lowest BCUT2D eigenvalue weighted by Crippen LogP contribution is -2.14. The van der Waals surface area contributed by atoms with E-state index in [9.17, 15) is 5.11 Å². The number of fused-ring (bicyclic) bond motifs is 1. The molecule has 5 heteroatoms. The van der Waals surface area contributed by atoms with Gasteiger partial charge in [0.2, 0.25) is 0 Å². The summed E-state index contributed by atoms with van der Waals surface area (Å²) in [4.78, 5) is 4.43. The van der Waals surface area contributed by atoms with E-state index in [1.165, 1.54) is 0 Å². The van der Waals surface area contributed by atoms with Crippen molar-refractivity contribution >= 4 is 11.3 Å². The van der Waals surface area contributed by atoms with Crippen LogP contribution < -0.4 is 5.32 Å². The van der Waals surface area contributed by atoms with Crippen molar-refractivity contribution in [2.75, 3.05) is 11.9 Å². The highest BCUT2D eigenvalue weighted by Gasteiger charge is 2.22. The Morgan fingerprint density at radius 1 is 1.45 bits per heavy atom. The van der Waals surface area contributed by atoms with Gasteiger partial charge in [0.05, 0.1) is 11.8 Å². The van der Waals surface area contributed by atoms with Crippen molar-refractivity contribution in [2.45, 2.75) is 45.1 Å². The normalized spacial score (nSPS) is 22.8. The number of aliphatic hydroxyl groups is 1. The van der Waals surface area contributed by atoms with Gasteiger partial charge in [-0.25, -0.2) is 9.50 Å². The summed E-state index contributed by atoms with van der Waals surface area (Å²) in [5, 5.41) is 17.6. The van der Waals surface area contributed by atoms with Crippen LogP contribution in [-0.2, 0) is 0 Å². The van der Waals surface area contributed by atoms with Gasteiger partial charge in [-0.15, -0.1) is 0 Å². The fourth-order valence-electron chi connectivity index (χ4n) is 2.83. The van der Waals surface area contributed by atoms with Gasteiger partial charge >= 0.3 is 0 Å². The fraction of sp³-hybridized carbons (Fsp3) is 0.600. The Labute approximate surface area is 119 Å². The summed E-state index contributed by atoms with van der Waals surface area (Å²) < 4.78 is 1.88. The molecule has 2 N–H and O–H groups in total. The minimum atomic E-state index is -0.118. The smallest absolute Gasteiger partial charge is 0.152 e. The second-order valence-electron chi connectivity index (χ2n) is 6.04. The van der Waals surface area contributed by atoms with E-state index >= 15 is 0 Å². The van der Waals surface area contributed by atoms with Crippen molar-refractivity contribution in [3.8, 4) is 0 Å². The number of hydrogen-bond acceptors (Lipinski definition) is 4. The van der Waals surface area contributed by atoms with Crippen LogP contribution in [0.1, 0.15) is 44.7 Å². The maximum Gasteiger partial charge on any atom is 0.152 e. The van der Waals surface area contributed by atoms with Crippen LogP contribution in [0.2, 0.25) is 0 Å². The van der Waals surface area contributed by atoms with Crippen molar-refractivity contribution in [1.82, 2.24) is 14.6 Å². The molecule has 0 amide bonds. The average Bonchev–Trinajstić information content (AvgIpc) is 3.02. The van der Waals surface area contributed by atoms with Crippen LogP contribution in [0, 0.1) is 5.92 Å². The molecule has 3 rings (SSSR count). The molecule has 0 saturated heterocycles. The van der Waals surface area contributed by atoms with Crippen LogP contribution in [0.5, 0.6) is 0 Å². The Morgan fingerprint density at radius 2 is 2.30 bits per heavy atom. The van der Waals surface area contributed by atoms with E-state index in [4.69, 9.17) is 0 Å². The molecule has 108 valence electrons. The van der Waals surface area contributed by atoms with E-state index in [-0.39, 0.29) is 6.10 Å². The summed E-state index contributed by atoms with van der Waals surface area (Å²) >= 11 is 0. The lowest BCUT2D eigenvalue weighted by molar-refractivity contribution is 0.178. The molecule has 5 nitrogen and oxygen atoms in total. The van der Waals surface area contributed by atoms with Gasteiger partial charge < -0.3 is 10.4 Å². The predicted molar refractivity (Wildman–Crippen MR) is 78.9 cm³/mol. The lowest BCUT2D eigenvalue weighted by Gasteiger charge is -2.11.